The number of carbonyl (C=O) groups is 1. The number of hydrogen-bond acceptors (Lipinski definition) is 5. The van der Waals surface area contributed by atoms with Gasteiger partial charge in [-0.1, -0.05) is 30.3 Å². The smallest absolute Gasteiger partial charge is 0.267 e. The first kappa shape index (κ1) is 20.0. The number of nitrogens with zero attached hydrogens (tertiary/aromatic N) is 3. The Balaban J connectivity index is 1.87. The van der Waals surface area contributed by atoms with Crippen LogP contribution in [0.3, 0.4) is 0 Å². The van der Waals surface area contributed by atoms with Crippen LogP contribution in [-0.2, 0) is 11.8 Å². The van der Waals surface area contributed by atoms with Crippen molar-refractivity contribution in [2.24, 2.45) is 7.05 Å². The van der Waals surface area contributed by atoms with Gasteiger partial charge in [0, 0.05) is 42.9 Å². The summed E-state index contributed by atoms with van der Waals surface area (Å²) in [6.45, 7) is 1.43. The molecule has 0 bridgehead atoms. The van der Waals surface area contributed by atoms with E-state index in [1.54, 1.807) is 25.5 Å². The predicted molar refractivity (Wildman–Crippen MR) is 119 cm³/mol. The van der Waals surface area contributed by atoms with E-state index in [1.165, 1.54) is 17.7 Å². The van der Waals surface area contributed by atoms with Crippen molar-refractivity contribution >= 4 is 11.6 Å². The number of amides is 1. The third kappa shape index (κ3) is 4.51. The SMILES string of the molecule is CC(=O)Nc1cncc(-c2cc(=O)n(C)nc2-c2ccccc2Oc2ccccc2)c1. The highest BCUT2D eigenvalue weighted by molar-refractivity contribution is 5.90. The van der Waals surface area contributed by atoms with Gasteiger partial charge < -0.3 is 10.1 Å². The molecule has 7 heteroatoms. The molecule has 0 saturated heterocycles. The summed E-state index contributed by atoms with van der Waals surface area (Å²) in [7, 11) is 1.60. The van der Waals surface area contributed by atoms with Gasteiger partial charge in [-0.05, 0) is 30.3 Å². The fraction of sp³-hybridized carbons (Fsp3) is 0.0833. The minimum atomic E-state index is -0.259. The topological polar surface area (TPSA) is 86.1 Å². The molecule has 0 aliphatic rings. The van der Waals surface area contributed by atoms with E-state index in [-0.39, 0.29) is 11.5 Å². The van der Waals surface area contributed by atoms with Crippen LogP contribution >= 0.6 is 0 Å². The monoisotopic (exact) mass is 412 g/mol. The second-order valence-corrected chi connectivity index (χ2v) is 6.92. The van der Waals surface area contributed by atoms with Gasteiger partial charge in [-0.2, -0.15) is 5.10 Å². The molecule has 1 amide bonds. The molecule has 0 unspecified atom stereocenters. The van der Waals surface area contributed by atoms with E-state index in [0.717, 1.165) is 5.56 Å². The van der Waals surface area contributed by atoms with Crippen LogP contribution in [0, 0.1) is 0 Å². The van der Waals surface area contributed by atoms with Gasteiger partial charge in [0.05, 0.1) is 11.9 Å². The fourth-order valence-electron chi connectivity index (χ4n) is 3.18. The minimum Gasteiger partial charge on any atom is -0.457 e. The van der Waals surface area contributed by atoms with Crippen LogP contribution in [0.5, 0.6) is 11.5 Å². The largest absolute Gasteiger partial charge is 0.457 e. The normalized spacial score (nSPS) is 10.5. The van der Waals surface area contributed by atoms with Crippen LogP contribution in [0.1, 0.15) is 6.92 Å². The Morgan fingerprint density at radius 1 is 0.968 bits per heavy atom. The Morgan fingerprint density at radius 2 is 1.71 bits per heavy atom. The zero-order valence-electron chi connectivity index (χ0n) is 17.1. The number of benzene rings is 2. The van der Waals surface area contributed by atoms with Crippen molar-refractivity contribution in [1.29, 1.82) is 0 Å². The summed E-state index contributed by atoms with van der Waals surface area (Å²) < 4.78 is 7.38. The van der Waals surface area contributed by atoms with E-state index in [9.17, 15) is 9.59 Å². The van der Waals surface area contributed by atoms with Gasteiger partial charge in [-0.15, -0.1) is 0 Å². The van der Waals surface area contributed by atoms with E-state index in [0.29, 0.717) is 34.0 Å². The Kier molecular flexibility index (Phi) is 5.57. The summed E-state index contributed by atoms with van der Waals surface area (Å²) in [6, 6.07) is 20.2. The summed E-state index contributed by atoms with van der Waals surface area (Å²) in [5.74, 6) is 1.09. The molecule has 0 aliphatic heterocycles. The first-order valence-corrected chi connectivity index (χ1v) is 9.65. The Morgan fingerprint density at radius 3 is 2.48 bits per heavy atom. The van der Waals surface area contributed by atoms with Crippen molar-refractivity contribution in [2.75, 3.05) is 5.32 Å². The number of ether oxygens (including phenoxy) is 1. The molecule has 0 spiro atoms. The number of carbonyl (C=O) groups excluding carboxylic acids is 1. The molecule has 0 saturated carbocycles. The number of aryl methyl sites for hydroxylation is 1. The Hall–Kier alpha value is -4.26. The average molecular weight is 412 g/mol. The van der Waals surface area contributed by atoms with E-state index < -0.39 is 0 Å². The maximum absolute atomic E-state index is 12.4. The highest BCUT2D eigenvalue weighted by Gasteiger charge is 2.17. The number of para-hydroxylation sites is 2. The van der Waals surface area contributed by atoms with Crippen molar-refractivity contribution in [2.45, 2.75) is 6.92 Å². The molecule has 4 aromatic rings. The van der Waals surface area contributed by atoms with Crippen molar-refractivity contribution in [3.8, 4) is 33.9 Å². The van der Waals surface area contributed by atoms with E-state index >= 15 is 0 Å². The molecular formula is C24H20N4O3. The molecule has 154 valence electrons. The fourth-order valence-corrected chi connectivity index (χ4v) is 3.18. The van der Waals surface area contributed by atoms with E-state index in [2.05, 4.69) is 15.4 Å². The summed E-state index contributed by atoms with van der Waals surface area (Å²) in [6.07, 6.45) is 3.18. The number of anilines is 1. The first-order valence-electron chi connectivity index (χ1n) is 9.65. The molecule has 7 nitrogen and oxygen atoms in total. The molecule has 2 heterocycles. The van der Waals surface area contributed by atoms with Crippen molar-refractivity contribution in [3.05, 3.63) is 89.5 Å². The number of pyridine rings is 1. The lowest BCUT2D eigenvalue weighted by Gasteiger charge is -2.15. The number of rotatable bonds is 5. The molecule has 4 rings (SSSR count). The van der Waals surface area contributed by atoms with Gasteiger partial charge in [0.2, 0.25) is 5.91 Å². The van der Waals surface area contributed by atoms with Gasteiger partial charge in [-0.25, -0.2) is 4.68 Å². The van der Waals surface area contributed by atoms with Crippen LogP contribution in [0.15, 0.2) is 83.9 Å². The average Bonchev–Trinajstić information content (AvgIpc) is 2.76. The molecule has 1 N–H and O–H groups in total. The van der Waals surface area contributed by atoms with E-state index in [4.69, 9.17) is 4.74 Å². The maximum Gasteiger partial charge on any atom is 0.267 e. The second kappa shape index (κ2) is 8.62. The highest BCUT2D eigenvalue weighted by Crippen LogP contribution is 2.37. The lowest BCUT2D eigenvalue weighted by atomic mass is 10.0. The quantitative estimate of drug-likeness (QED) is 0.529. The Labute approximate surface area is 179 Å². The number of hydrogen-bond donors (Lipinski definition) is 1. The summed E-state index contributed by atoms with van der Waals surface area (Å²) >= 11 is 0. The van der Waals surface area contributed by atoms with Gasteiger partial charge in [0.1, 0.15) is 17.2 Å². The lowest BCUT2D eigenvalue weighted by Crippen LogP contribution is -2.19. The molecule has 0 aliphatic carbocycles. The minimum absolute atomic E-state index is 0.206. The molecule has 0 atom stereocenters. The first-order chi connectivity index (χ1) is 15.0. The van der Waals surface area contributed by atoms with Gasteiger partial charge in [-0.3, -0.25) is 14.6 Å². The molecule has 2 aromatic heterocycles. The third-order valence-corrected chi connectivity index (χ3v) is 4.57. The second-order valence-electron chi connectivity index (χ2n) is 6.92. The zero-order valence-corrected chi connectivity index (χ0v) is 17.1. The number of nitrogens with one attached hydrogen (secondary N) is 1. The standard InChI is InChI=1S/C24H20N4O3/c1-16(29)26-18-12-17(14-25-15-18)21-13-23(30)28(2)27-24(21)20-10-6-7-11-22(20)31-19-8-4-3-5-9-19/h3-15H,1-2H3,(H,26,29). The summed E-state index contributed by atoms with van der Waals surface area (Å²) in [5, 5.41) is 7.24. The Bertz CT molecular complexity index is 1300. The number of aromatic nitrogens is 3. The van der Waals surface area contributed by atoms with Crippen LogP contribution < -0.4 is 15.6 Å². The predicted octanol–water partition coefficient (Wildman–Crippen LogP) is 4.26. The van der Waals surface area contributed by atoms with Crippen LogP contribution in [0.25, 0.3) is 22.4 Å². The molecule has 2 aromatic carbocycles. The van der Waals surface area contributed by atoms with Crippen molar-refractivity contribution in [1.82, 2.24) is 14.8 Å². The van der Waals surface area contributed by atoms with Crippen LogP contribution in [0.4, 0.5) is 5.69 Å². The van der Waals surface area contributed by atoms with Gasteiger partial charge in [0.25, 0.3) is 5.56 Å². The molecule has 0 radical (unpaired) electrons. The molecule has 0 fully saturated rings. The van der Waals surface area contributed by atoms with Crippen molar-refractivity contribution < 1.29 is 9.53 Å². The van der Waals surface area contributed by atoms with Crippen molar-refractivity contribution in [3.63, 3.8) is 0 Å². The molecule has 31 heavy (non-hydrogen) atoms. The highest BCUT2D eigenvalue weighted by atomic mass is 16.5. The third-order valence-electron chi connectivity index (χ3n) is 4.57. The zero-order chi connectivity index (χ0) is 21.8. The van der Waals surface area contributed by atoms with E-state index in [1.807, 2.05) is 54.6 Å². The summed E-state index contributed by atoms with van der Waals surface area (Å²) in [4.78, 5) is 28.1. The van der Waals surface area contributed by atoms with Crippen LogP contribution in [-0.4, -0.2) is 20.7 Å². The maximum atomic E-state index is 12.4. The molecular weight excluding hydrogens is 392 g/mol. The summed E-state index contributed by atoms with van der Waals surface area (Å²) in [5.41, 5.74) is 2.81. The van der Waals surface area contributed by atoms with Gasteiger partial charge >= 0.3 is 0 Å². The van der Waals surface area contributed by atoms with Crippen LogP contribution in [0.2, 0.25) is 0 Å². The lowest BCUT2D eigenvalue weighted by molar-refractivity contribution is -0.114. The van der Waals surface area contributed by atoms with Gasteiger partial charge in [0.15, 0.2) is 0 Å².